The van der Waals surface area contributed by atoms with Gasteiger partial charge in [0.2, 0.25) is 0 Å². The molecular weight excluding hydrogens is 208 g/mol. The average molecular weight is 222 g/mol. The summed E-state index contributed by atoms with van der Waals surface area (Å²) in [6.07, 6.45) is -1.71. The Kier molecular flexibility index (Phi) is 2.76. The molecule has 1 heterocycles. The van der Waals surface area contributed by atoms with Crippen LogP contribution in [-0.4, -0.2) is 37.8 Å². The van der Waals surface area contributed by atoms with Crippen molar-refractivity contribution >= 4 is 11.0 Å². The molecule has 2 atom stereocenters. The highest BCUT2D eigenvalue weighted by Crippen LogP contribution is 2.12. The zero-order valence-electron chi connectivity index (χ0n) is 9.15. The van der Waals surface area contributed by atoms with Crippen LogP contribution in [0.2, 0.25) is 0 Å². The molecule has 0 saturated carbocycles. The molecule has 1 aromatic carbocycles. The Hall–Kier alpha value is -1.66. The molecule has 86 valence electrons. The van der Waals surface area contributed by atoms with Crippen LogP contribution in [0, 0.1) is 0 Å². The van der Waals surface area contributed by atoms with Gasteiger partial charge in [-0.3, -0.25) is 0 Å². The van der Waals surface area contributed by atoms with Gasteiger partial charge in [0.25, 0.3) is 0 Å². The highest BCUT2D eigenvalue weighted by Gasteiger charge is 2.19. The summed E-state index contributed by atoms with van der Waals surface area (Å²) in [5, 5.41) is 28.4. The maximum absolute atomic E-state index is 9.59. The molecule has 0 aliphatic rings. The fourth-order valence-corrected chi connectivity index (χ4v) is 1.66. The van der Waals surface area contributed by atoms with Crippen LogP contribution in [0.5, 0.6) is 0 Å². The van der Waals surface area contributed by atoms with Gasteiger partial charge in [-0.15, -0.1) is 5.10 Å². The zero-order valence-corrected chi connectivity index (χ0v) is 9.15. The number of para-hydroxylation sites is 1. The Morgan fingerprint density at radius 2 is 1.81 bits per heavy atom. The minimum atomic E-state index is -0.856. The summed E-state index contributed by atoms with van der Waals surface area (Å²) in [5.74, 6) is 0. The van der Waals surface area contributed by atoms with E-state index in [1.54, 1.807) is 13.8 Å². The van der Waals surface area contributed by atoms with Crippen LogP contribution in [0.1, 0.15) is 13.8 Å². The van der Waals surface area contributed by atoms with Gasteiger partial charge >= 0.3 is 0 Å². The fourth-order valence-electron chi connectivity index (χ4n) is 1.66. The molecular formula is C10H14N4O2. The summed E-state index contributed by atoms with van der Waals surface area (Å²) in [6.45, 7) is 3.12. The van der Waals surface area contributed by atoms with Crippen LogP contribution in [0.4, 0.5) is 0 Å². The van der Waals surface area contributed by atoms with E-state index in [-0.39, 0.29) is 0 Å². The third-order valence-electron chi connectivity index (χ3n) is 2.32. The predicted molar refractivity (Wildman–Crippen MR) is 59.1 cm³/mol. The summed E-state index contributed by atoms with van der Waals surface area (Å²) in [5.41, 5.74) is 1.46. The molecule has 0 radical (unpaired) electrons. The van der Waals surface area contributed by atoms with E-state index in [9.17, 15) is 10.2 Å². The summed E-state index contributed by atoms with van der Waals surface area (Å²) >= 11 is 0. The lowest BCUT2D eigenvalue weighted by Crippen LogP contribution is -2.48. The monoisotopic (exact) mass is 222 g/mol. The molecule has 2 unspecified atom stereocenters. The van der Waals surface area contributed by atoms with Crippen molar-refractivity contribution in [2.24, 2.45) is 0 Å². The van der Waals surface area contributed by atoms with Crippen molar-refractivity contribution in [1.29, 1.82) is 0 Å². The Morgan fingerprint density at radius 3 is 2.44 bits per heavy atom. The van der Waals surface area contributed by atoms with Gasteiger partial charge in [0.1, 0.15) is 23.5 Å². The topological polar surface area (TPSA) is 74.4 Å². The number of fused-ring (bicyclic) bond motifs is 1. The number of nitrogens with zero attached hydrogens (tertiary/aromatic N) is 4. The highest BCUT2D eigenvalue weighted by molar-refractivity contribution is 5.74. The summed E-state index contributed by atoms with van der Waals surface area (Å²) < 4.78 is 0. The molecule has 2 N–H and O–H groups in total. The quantitative estimate of drug-likeness (QED) is 0.717. The molecule has 2 aromatic rings. The van der Waals surface area contributed by atoms with E-state index in [0.29, 0.717) is 5.52 Å². The number of aliphatic hydroxyl groups is 2. The lowest BCUT2D eigenvalue weighted by Gasteiger charge is -2.29. The van der Waals surface area contributed by atoms with Crippen molar-refractivity contribution in [2.75, 3.05) is 5.01 Å². The van der Waals surface area contributed by atoms with Crippen molar-refractivity contribution < 1.29 is 10.2 Å². The van der Waals surface area contributed by atoms with Gasteiger partial charge in [0.05, 0.1) is 0 Å². The third-order valence-corrected chi connectivity index (χ3v) is 2.32. The first-order valence-electron chi connectivity index (χ1n) is 5.06. The van der Waals surface area contributed by atoms with E-state index >= 15 is 0 Å². The van der Waals surface area contributed by atoms with Gasteiger partial charge in [-0.05, 0) is 31.2 Å². The Labute approximate surface area is 92.7 Å². The van der Waals surface area contributed by atoms with Crippen LogP contribution in [0.15, 0.2) is 24.3 Å². The second kappa shape index (κ2) is 4.07. The van der Waals surface area contributed by atoms with Crippen LogP contribution >= 0.6 is 0 Å². The first-order chi connectivity index (χ1) is 7.61. The normalized spacial score (nSPS) is 15.0. The third kappa shape index (κ3) is 1.72. The maximum atomic E-state index is 9.59. The molecule has 0 aliphatic heterocycles. The number of hydrogen-bond donors (Lipinski definition) is 2. The molecule has 16 heavy (non-hydrogen) atoms. The first kappa shape index (κ1) is 10.8. The Balaban J connectivity index is 2.53. The lowest BCUT2D eigenvalue weighted by atomic mass is 10.3. The van der Waals surface area contributed by atoms with E-state index in [2.05, 4.69) is 10.3 Å². The van der Waals surface area contributed by atoms with E-state index in [4.69, 9.17) is 0 Å². The molecule has 1 aromatic heterocycles. The molecule has 0 spiro atoms. The van der Waals surface area contributed by atoms with Crippen molar-refractivity contribution in [3.8, 4) is 0 Å². The molecule has 0 amide bonds. The second-order valence-electron chi connectivity index (χ2n) is 3.61. The van der Waals surface area contributed by atoms with Crippen molar-refractivity contribution in [3.05, 3.63) is 24.3 Å². The van der Waals surface area contributed by atoms with Crippen molar-refractivity contribution in [1.82, 2.24) is 15.1 Å². The van der Waals surface area contributed by atoms with Crippen molar-refractivity contribution in [2.45, 2.75) is 26.3 Å². The van der Waals surface area contributed by atoms with Crippen LogP contribution < -0.4 is 5.01 Å². The second-order valence-corrected chi connectivity index (χ2v) is 3.61. The number of hydrogen-bond acceptors (Lipinski definition) is 5. The lowest BCUT2D eigenvalue weighted by molar-refractivity contribution is 0.0663. The van der Waals surface area contributed by atoms with E-state index in [1.165, 1.54) is 9.80 Å². The van der Waals surface area contributed by atoms with Crippen molar-refractivity contribution in [3.63, 3.8) is 0 Å². The van der Waals surface area contributed by atoms with Gasteiger partial charge in [0.15, 0.2) is 0 Å². The minimum Gasteiger partial charge on any atom is -0.372 e. The molecule has 0 bridgehead atoms. The predicted octanol–water partition coefficient (Wildman–Crippen LogP) is 0.0459. The molecule has 0 saturated heterocycles. The van der Waals surface area contributed by atoms with Crippen LogP contribution in [0.25, 0.3) is 11.0 Å². The minimum absolute atomic E-state index is 0.716. The van der Waals surface area contributed by atoms with E-state index in [0.717, 1.165) is 5.52 Å². The average Bonchev–Trinajstić information content (AvgIpc) is 2.61. The highest BCUT2D eigenvalue weighted by atomic mass is 16.3. The largest absolute Gasteiger partial charge is 0.372 e. The van der Waals surface area contributed by atoms with Crippen LogP contribution in [0.3, 0.4) is 0 Å². The number of aromatic nitrogens is 3. The Bertz CT molecular complexity index is 472. The van der Waals surface area contributed by atoms with Gasteiger partial charge < -0.3 is 10.2 Å². The smallest absolute Gasteiger partial charge is 0.142 e. The number of rotatable bonds is 3. The van der Waals surface area contributed by atoms with E-state index in [1.807, 2.05) is 24.3 Å². The fraction of sp³-hybridized carbons (Fsp3) is 0.400. The Morgan fingerprint density at radius 1 is 1.19 bits per heavy atom. The summed E-state index contributed by atoms with van der Waals surface area (Å²) in [6, 6.07) is 7.36. The van der Waals surface area contributed by atoms with Gasteiger partial charge in [-0.2, -0.15) is 4.79 Å². The molecule has 6 nitrogen and oxygen atoms in total. The maximum Gasteiger partial charge on any atom is 0.142 e. The molecule has 0 fully saturated rings. The summed E-state index contributed by atoms with van der Waals surface area (Å²) in [7, 11) is 0. The first-order valence-corrected chi connectivity index (χ1v) is 5.06. The molecule has 2 rings (SSSR count). The van der Waals surface area contributed by atoms with Gasteiger partial charge in [0, 0.05) is 0 Å². The number of benzene rings is 1. The SMILES string of the molecule is CC(O)N(C(C)O)n1nnc2ccccc21. The number of aliphatic hydroxyl groups excluding tert-OH is 2. The zero-order chi connectivity index (χ0) is 11.7. The van der Waals surface area contributed by atoms with Gasteiger partial charge in [-0.1, -0.05) is 12.1 Å². The van der Waals surface area contributed by atoms with Gasteiger partial charge in [-0.25, -0.2) is 5.01 Å². The molecule has 6 heteroatoms. The van der Waals surface area contributed by atoms with E-state index < -0.39 is 12.5 Å². The standard InChI is InChI=1S/C10H14N4O2/c1-7(15)13(8(2)16)14-10-6-4-3-5-9(10)11-12-14/h3-8,15-16H,1-2H3. The summed E-state index contributed by atoms with van der Waals surface area (Å²) in [4.78, 5) is 1.41. The van der Waals surface area contributed by atoms with Crippen LogP contribution in [-0.2, 0) is 0 Å². The molecule has 0 aliphatic carbocycles.